The number of sulfonamides is 1. The van der Waals surface area contributed by atoms with Crippen molar-refractivity contribution in [3.63, 3.8) is 0 Å². The molecule has 0 fully saturated rings. The van der Waals surface area contributed by atoms with Crippen molar-refractivity contribution in [1.29, 1.82) is 0 Å². The first kappa shape index (κ1) is 20.6. The first-order chi connectivity index (χ1) is 12.6. The van der Waals surface area contributed by atoms with E-state index in [0.29, 0.717) is 18.4 Å². The van der Waals surface area contributed by atoms with E-state index in [1.165, 1.54) is 19.1 Å². The molecule has 0 aliphatic carbocycles. The first-order valence-corrected chi connectivity index (χ1v) is 9.96. The fourth-order valence-corrected chi connectivity index (χ4v) is 3.67. The summed E-state index contributed by atoms with van der Waals surface area (Å²) in [4.78, 5) is 12.5. The third kappa shape index (κ3) is 5.16. The number of carbonyl (C=O) groups excluding carboxylic acids is 1. The Kier molecular flexibility index (Phi) is 6.37. The number of nitrogens with one attached hydrogen (secondary N) is 1. The maximum Gasteiger partial charge on any atom is 0.248 e. The molecule has 146 valence electrons. The van der Waals surface area contributed by atoms with Gasteiger partial charge in [-0.1, -0.05) is 0 Å². The van der Waals surface area contributed by atoms with Gasteiger partial charge in [0.15, 0.2) is 0 Å². The summed E-state index contributed by atoms with van der Waals surface area (Å²) in [6, 6.07) is 7.69. The Morgan fingerprint density at radius 3 is 2.33 bits per heavy atom. The maximum absolute atomic E-state index is 13.7. The molecule has 2 aromatic carbocycles. The molecule has 0 radical (unpaired) electrons. The molecule has 0 heterocycles. The fourth-order valence-electron chi connectivity index (χ4n) is 2.49. The van der Waals surface area contributed by atoms with Crippen LogP contribution in [0.1, 0.15) is 13.8 Å². The Labute approximate surface area is 156 Å². The number of anilines is 2. The molecule has 0 aliphatic rings. The number of halogens is 2. The summed E-state index contributed by atoms with van der Waals surface area (Å²) in [6.45, 7) is 3.64. The van der Waals surface area contributed by atoms with Crippen LogP contribution in [0.4, 0.5) is 20.2 Å². The van der Waals surface area contributed by atoms with Crippen molar-refractivity contribution in [3.8, 4) is 5.75 Å². The molecule has 6 nitrogen and oxygen atoms in total. The zero-order chi connectivity index (χ0) is 20.2. The second kappa shape index (κ2) is 8.34. The van der Waals surface area contributed by atoms with Crippen molar-refractivity contribution < 1.29 is 26.7 Å². The van der Waals surface area contributed by atoms with Crippen LogP contribution in [0.5, 0.6) is 5.75 Å². The lowest BCUT2D eigenvalue weighted by Crippen LogP contribution is -2.45. The van der Waals surface area contributed by atoms with E-state index in [1.807, 2.05) is 6.92 Å². The first-order valence-electron chi connectivity index (χ1n) is 8.11. The van der Waals surface area contributed by atoms with E-state index in [0.717, 1.165) is 22.7 Å². The summed E-state index contributed by atoms with van der Waals surface area (Å²) in [5, 5.41) is 2.28. The number of amides is 1. The zero-order valence-electron chi connectivity index (χ0n) is 15.1. The SMILES string of the molecule is CCOc1ccc(N([C@H](C)C(=O)Nc2ccc(F)cc2F)S(C)(=O)=O)cc1. The molecule has 0 unspecified atom stereocenters. The number of benzene rings is 2. The Balaban J connectivity index is 2.28. The number of nitrogens with zero attached hydrogens (tertiary/aromatic N) is 1. The molecule has 27 heavy (non-hydrogen) atoms. The molecule has 1 amide bonds. The summed E-state index contributed by atoms with van der Waals surface area (Å²) in [6.07, 6.45) is 0.964. The molecular weight excluding hydrogens is 378 g/mol. The van der Waals surface area contributed by atoms with E-state index in [9.17, 15) is 22.0 Å². The van der Waals surface area contributed by atoms with Crippen molar-refractivity contribution in [2.75, 3.05) is 22.5 Å². The van der Waals surface area contributed by atoms with Gasteiger partial charge in [0.2, 0.25) is 15.9 Å². The highest BCUT2D eigenvalue weighted by Gasteiger charge is 2.29. The van der Waals surface area contributed by atoms with Gasteiger partial charge < -0.3 is 10.1 Å². The van der Waals surface area contributed by atoms with Crippen molar-refractivity contribution >= 4 is 27.3 Å². The monoisotopic (exact) mass is 398 g/mol. The van der Waals surface area contributed by atoms with Crippen LogP contribution in [0.25, 0.3) is 0 Å². The Hall–Kier alpha value is -2.68. The third-order valence-corrected chi connectivity index (χ3v) is 4.92. The molecule has 2 aromatic rings. The minimum Gasteiger partial charge on any atom is -0.494 e. The molecule has 0 bridgehead atoms. The van der Waals surface area contributed by atoms with Crippen LogP contribution < -0.4 is 14.4 Å². The van der Waals surface area contributed by atoms with Crippen LogP contribution in [0.15, 0.2) is 42.5 Å². The van der Waals surface area contributed by atoms with Crippen LogP contribution >= 0.6 is 0 Å². The number of ether oxygens (including phenoxy) is 1. The van der Waals surface area contributed by atoms with Crippen LogP contribution in [0.3, 0.4) is 0 Å². The fraction of sp³-hybridized carbons (Fsp3) is 0.278. The summed E-state index contributed by atoms with van der Waals surface area (Å²) >= 11 is 0. The molecule has 1 atom stereocenters. The van der Waals surface area contributed by atoms with Crippen LogP contribution in [0.2, 0.25) is 0 Å². The van der Waals surface area contributed by atoms with E-state index in [2.05, 4.69) is 5.32 Å². The minimum absolute atomic E-state index is 0.242. The van der Waals surface area contributed by atoms with Crippen molar-refractivity contribution in [3.05, 3.63) is 54.1 Å². The zero-order valence-corrected chi connectivity index (χ0v) is 15.9. The van der Waals surface area contributed by atoms with Crippen LogP contribution in [0, 0.1) is 11.6 Å². The van der Waals surface area contributed by atoms with Gasteiger partial charge in [0.1, 0.15) is 23.4 Å². The quantitative estimate of drug-likeness (QED) is 0.777. The van der Waals surface area contributed by atoms with E-state index >= 15 is 0 Å². The lowest BCUT2D eigenvalue weighted by molar-refractivity contribution is -0.116. The van der Waals surface area contributed by atoms with Crippen LogP contribution in [-0.4, -0.2) is 33.2 Å². The second-order valence-electron chi connectivity index (χ2n) is 5.78. The largest absolute Gasteiger partial charge is 0.494 e. The molecule has 0 saturated heterocycles. The smallest absolute Gasteiger partial charge is 0.248 e. The number of rotatable bonds is 7. The highest BCUT2D eigenvalue weighted by Crippen LogP contribution is 2.25. The molecule has 1 N–H and O–H groups in total. The van der Waals surface area contributed by atoms with Gasteiger partial charge in [0.05, 0.1) is 24.2 Å². The Bertz CT molecular complexity index is 917. The van der Waals surface area contributed by atoms with Gasteiger partial charge in [0, 0.05) is 6.07 Å². The number of carbonyl (C=O) groups is 1. The molecule has 0 spiro atoms. The molecular formula is C18H20F2N2O4S. The minimum atomic E-state index is -3.82. The van der Waals surface area contributed by atoms with E-state index in [4.69, 9.17) is 4.74 Å². The summed E-state index contributed by atoms with van der Waals surface area (Å²) < 4.78 is 57.5. The third-order valence-electron chi connectivity index (χ3n) is 3.68. The topological polar surface area (TPSA) is 75.7 Å². The molecule has 0 saturated carbocycles. The predicted octanol–water partition coefficient (Wildman–Crippen LogP) is 3.16. The van der Waals surface area contributed by atoms with Crippen molar-refractivity contribution in [2.24, 2.45) is 0 Å². The standard InChI is InChI=1S/C18H20F2N2O4S/c1-4-26-15-8-6-14(7-9-15)22(27(3,24)25)12(2)18(23)21-17-10-5-13(19)11-16(17)20/h5-12H,4H2,1-3H3,(H,21,23)/t12-/m1/s1. The molecule has 0 aromatic heterocycles. The lowest BCUT2D eigenvalue weighted by atomic mass is 10.2. The van der Waals surface area contributed by atoms with Gasteiger partial charge in [-0.3, -0.25) is 9.10 Å². The number of hydrogen-bond acceptors (Lipinski definition) is 4. The summed E-state index contributed by atoms with van der Waals surface area (Å²) in [5.41, 5.74) is 0.0107. The second-order valence-corrected chi connectivity index (χ2v) is 7.63. The van der Waals surface area contributed by atoms with Crippen molar-refractivity contribution in [1.82, 2.24) is 0 Å². The van der Waals surface area contributed by atoms with E-state index < -0.39 is 33.6 Å². The van der Waals surface area contributed by atoms with Gasteiger partial charge in [-0.25, -0.2) is 17.2 Å². The number of hydrogen-bond donors (Lipinski definition) is 1. The molecule has 9 heteroatoms. The van der Waals surface area contributed by atoms with Gasteiger partial charge in [-0.15, -0.1) is 0 Å². The average molecular weight is 398 g/mol. The maximum atomic E-state index is 13.7. The van der Waals surface area contributed by atoms with Gasteiger partial charge in [-0.2, -0.15) is 0 Å². The van der Waals surface area contributed by atoms with Gasteiger partial charge >= 0.3 is 0 Å². The molecule has 0 aliphatic heterocycles. The highest BCUT2D eigenvalue weighted by molar-refractivity contribution is 7.92. The molecule has 2 rings (SSSR count). The Morgan fingerprint density at radius 2 is 1.81 bits per heavy atom. The van der Waals surface area contributed by atoms with Gasteiger partial charge in [-0.05, 0) is 50.2 Å². The normalized spacial score (nSPS) is 12.3. The average Bonchev–Trinajstić information content (AvgIpc) is 2.58. The van der Waals surface area contributed by atoms with Crippen LogP contribution in [-0.2, 0) is 14.8 Å². The lowest BCUT2D eigenvalue weighted by Gasteiger charge is -2.28. The van der Waals surface area contributed by atoms with E-state index in [-0.39, 0.29) is 11.4 Å². The predicted molar refractivity (Wildman–Crippen MR) is 99.4 cm³/mol. The Morgan fingerprint density at radius 1 is 1.19 bits per heavy atom. The summed E-state index contributed by atoms with van der Waals surface area (Å²) in [5.74, 6) is -1.95. The van der Waals surface area contributed by atoms with Crippen molar-refractivity contribution in [2.45, 2.75) is 19.9 Å². The highest BCUT2D eigenvalue weighted by atomic mass is 32.2. The van der Waals surface area contributed by atoms with Gasteiger partial charge in [0.25, 0.3) is 0 Å². The van der Waals surface area contributed by atoms with E-state index in [1.54, 1.807) is 12.1 Å². The summed E-state index contributed by atoms with van der Waals surface area (Å²) in [7, 11) is -3.82.